The SMILES string of the molecule is O=C(O)CN(c1ccc(Cl)cc1)C1CCSCC1. The first-order valence-electron chi connectivity index (χ1n) is 5.98. The fraction of sp³-hybridized carbons (Fsp3) is 0.462. The lowest BCUT2D eigenvalue weighted by Crippen LogP contribution is -2.41. The van der Waals surface area contributed by atoms with Gasteiger partial charge in [0.15, 0.2) is 0 Å². The lowest BCUT2D eigenvalue weighted by Gasteiger charge is -2.34. The van der Waals surface area contributed by atoms with E-state index in [0.29, 0.717) is 11.1 Å². The molecule has 0 radical (unpaired) electrons. The van der Waals surface area contributed by atoms with Crippen molar-refractivity contribution in [1.82, 2.24) is 0 Å². The van der Waals surface area contributed by atoms with Crippen molar-refractivity contribution >= 4 is 35.0 Å². The Labute approximate surface area is 116 Å². The van der Waals surface area contributed by atoms with Crippen LogP contribution in [0.5, 0.6) is 0 Å². The van der Waals surface area contributed by atoms with Crippen LogP contribution in [0.2, 0.25) is 5.02 Å². The number of aliphatic carboxylic acids is 1. The fourth-order valence-electron chi connectivity index (χ4n) is 2.21. The van der Waals surface area contributed by atoms with Gasteiger partial charge in [-0.15, -0.1) is 0 Å². The highest BCUT2D eigenvalue weighted by atomic mass is 35.5. The third kappa shape index (κ3) is 3.56. The van der Waals surface area contributed by atoms with Crippen LogP contribution in [0.15, 0.2) is 24.3 Å². The highest BCUT2D eigenvalue weighted by molar-refractivity contribution is 7.99. The molecule has 18 heavy (non-hydrogen) atoms. The topological polar surface area (TPSA) is 40.5 Å². The number of nitrogens with zero attached hydrogens (tertiary/aromatic N) is 1. The first-order valence-corrected chi connectivity index (χ1v) is 7.52. The van der Waals surface area contributed by atoms with Gasteiger partial charge in [-0.3, -0.25) is 4.79 Å². The highest BCUT2D eigenvalue weighted by Crippen LogP contribution is 2.27. The summed E-state index contributed by atoms with van der Waals surface area (Å²) in [7, 11) is 0. The second-order valence-corrected chi connectivity index (χ2v) is 6.00. The molecule has 3 nitrogen and oxygen atoms in total. The molecule has 0 saturated carbocycles. The molecule has 1 heterocycles. The molecule has 0 bridgehead atoms. The van der Waals surface area contributed by atoms with Gasteiger partial charge in [-0.1, -0.05) is 11.6 Å². The van der Waals surface area contributed by atoms with E-state index in [-0.39, 0.29) is 6.54 Å². The minimum Gasteiger partial charge on any atom is -0.480 e. The van der Waals surface area contributed by atoms with Crippen LogP contribution in [0.4, 0.5) is 5.69 Å². The second-order valence-electron chi connectivity index (χ2n) is 4.34. The number of hydrogen-bond acceptors (Lipinski definition) is 3. The van der Waals surface area contributed by atoms with Crippen molar-refractivity contribution in [3.8, 4) is 0 Å². The Morgan fingerprint density at radius 3 is 2.50 bits per heavy atom. The number of thioether (sulfide) groups is 1. The van der Waals surface area contributed by atoms with Gasteiger partial charge in [0, 0.05) is 16.8 Å². The molecule has 1 N–H and O–H groups in total. The van der Waals surface area contributed by atoms with Crippen LogP contribution in [-0.4, -0.2) is 35.2 Å². The molecule has 5 heteroatoms. The quantitative estimate of drug-likeness (QED) is 0.923. The van der Waals surface area contributed by atoms with Crippen LogP contribution in [0.25, 0.3) is 0 Å². The molecule has 0 atom stereocenters. The zero-order valence-corrected chi connectivity index (χ0v) is 11.6. The van der Waals surface area contributed by atoms with Crippen LogP contribution in [0.3, 0.4) is 0 Å². The summed E-state index contributed by atoms with van der Waals surface area (Å²) < 4.78 is 0. The predicted molar refractivity (Wildman–Crippen MR) is 76.8 cm³/mol. The first kappa shape index (κ1) is 13.6. The number of carboxylic acid groups (broad SMARTS) is 1. The molecule has 0 aromatic heterocycles. The number of carboxylic acids is 1. The summed E-state index contributed by atoms with van der Waals surface area (Å²) in [5.74, 6) is 1.42. The minimum atomic E-state index is -0.789. The summed E-state index contributed by atoms with van der Waals surface area (Å²) >= 11 is 7.81. The van der Waals surface area contributed by atoms with Crippen LogP contribution < -0.4 is 4.90 Å². The number of carbonyl (C=O) groups is 1. The van der Waals surface area contributed by atoms with E-state index in [0.717, 1.165) is 30.0 Å². The van der Waals surface area contributed by atoms with Gasteiger partial charge < -0.3 is 10.0 Å². The normalized spacial score (nSPS) is 16.5. The molecule has 2 rings (SSSR count). The number of hydrogen-bond donors (Lipinski definition) is 1. The van der Waals surface area contributed by atoms with Gasteiger partial charge in [0.05, 0.1) is 0 Å². The summed E-state index contributed by atoms with van der Waals surface area (Å²) in [6.45, 7) is 0.0525. The van der Waals surface area contributed by atoms with Crippen LogP contribution in [-0.2, 0) is 4.79 Å². The zero-order chi connectivity index (χ0) is 13.0. The van der Waals surface area contributed by atoms with E-state index in [1.165, 1.54) is 0 Å². The maximum absolute atomic E-state index is 11.0. The molecular weight excluding hydrogens is 270 g/mol. The van der Waals surface area contributed by atoms with Crippen LogP contribution >= 0.6 is 23.4 Å². The second kappa shape index (κ2) is 6.34. The molecule has 0 aliphatic carbocycles. The van der Waals surface area contributed by atoms with Gasteiger partial charge >= 0.3 is 5.97 Å². The Morgan fingerprint density at radius 1 is 1.33 bits per heavy atom. The Kier molecular flexibility index (Phi) is 4.78. The average molecular weight is 286 g/mol. The Bertz CT molecular complexity index is 404. The van der Waals surface area contributed by atoms with Crippen molar-refractivity contribution in [2.75, 3.05) is 23.0 Å². The molecule has 98 valence electrons. The summed E-state index contributed by atoms with van der Waals surface area (Å²) in [5.41, 5.74) is 0.943. The van der Waals surface area contributed by atoms with Gasteiger partial charge in [-0.05, 0) is 48.6 Å². The number of benzene rings is 1. The van der Waals surface area contributed by atoms with Crippen molar-refractivity contribution in [3.05, 3.63) is 29.3 Å². The zero-order valence-electron chi connectivity index (χ0n) is 10.0. The fourth-order valence-corrected chi connectivity index (χ4v) is 3.41. The van der Waals surface area contributed by atoms with Gasteiger partial charge in [0.1, 0.15) is 6.54 Å². The number of anilines is 1. The van der Waals surface area contributed by atoms with E-state index in [4.69, 9.17) is 16.7 Å². The largest absolute Gasteiger partial charge is 0.480 e. The average Bonchev–Trinajstić information content (AvgIpc) is 2.38. The Morgan fingerprint density at radius 2 is 1.94 bits per heavy atom. The molecule has 1 aromatic rings. The molecule has 1 fully saturated rings. The first-order chi connectivity index (χ1) is 8.66. The van der Waals surface area contributed by atoms with Crippen molar-refractivity contribution in [2.24, 2.45) is 0 Å². The van der Waals surface area contributed by atoms with Gasteiger partial charge in [-0.25, -0.2) is 0 Å². The van der Waals surface area contributed by atoms with Gasteiger partial charge in [-0.2, -0.15) is 11.8 Å². The molecule has 0 unspecified atom stereocenters. The maximum atomic E-state index is 11.0. The monoisotopic (exact) mass is 285 g/mol. The summed E-state index contributed by atoms with van der Waals surface area (Å²) in [6.07, 6.45) is 2.08. The molecule has 0 amide bonds. The lowest BCUT2D eigenvalue weighted by molar-refractivity contribution is -0.135. The highest BCUT2D eigenvalue weighted by Gasteiger charge is 2.23. The molecule has 1 aromatic carbocycles. The number of rotatable bonds is 4. The maximum Gasteiger partial charge on any atom is 0.323 e. The van der Waals surface area contributed by atoms with E-state index >= 15 is 0 Å². The Hall–Kier alpha value is -0.870. The number of halogens is 1. The summed E-state index contributed by atoms with van der Waals surface area (Å²) in [5, 5.41) is 9.73. The Balaban J connectivity index is 2.17. The molecule has 1 aliphatic rings. The van der Waals surface area contributed by atoms with Crippen molar-refractivity contribution in [1.29, 1.82) is 0 Å². The standard InChI is InChI=1S/C13H16ClNO2S/c14-10-1-3-11(4-2-10)15(9-13(16)17)12-5-7-18-8-6-12/h1-4,12H,5-9H2,(H,16,17). The summed E-state index contributed by atoms with van der Waals surface area (Å²) in [4.78, 5) is 13.0. The van der Waals surface area contributed by atoms with E-state index < -0.39 is 5.97 Å². The van der Waals surface area contributed by atoms with Crippen molar-refractivity contribution in [3.63, 3.8) is 0 Å². The lowest BCUT2D eigenvalue weighted by atomic mass is 10.1. The third-order valence-corrected chi connectivity index (χ3v) is 4.40. The molecule has 1 aliphatic heterocycles. The third-order valence-electron chi connectivity index (χ3n) is 3.10. The molecule has 1 saturated heterocycles. The minimum absolute atomic E-state index is 0.0525. The molecule has 0 spiro atoms. The van der Waals surface area contributed by atoms with E-state index in [2.05, 4.69) is 0 Å². The van der Waals surface area contributed by atoms with E-state index in [1.807, 2.05) is 40.9 Å². The van der Waals surface area contributed by atoms with Gasteiger partial charge in [0.2, 0.25) is 0 Å². The van der Waals surface area contributed by atoms with E-state index in [1.54, 1.807) is 0 Å². The van der Waals surface area contributed by atoms with Crippen LogP contribution in [0.1, 0.15) is 12.8 Å². The van der Waals surface area contributed by atoms with E-state index in [9.17, 15) is 4.79 Å². The predicted octanol–water partition coefficient (Wildman–Crippen LogP) is 3.13. The van der Waals surface area contributed by atoms with Crippen molar-refractivity contribution in [2.45, 2.75) is 18.9 Å². The summed E-state index contributed by atoms with van der Waals surface area (Å²) in [6, 6.07) is 7.73. The van der Waals surface area contributed by atoms with Crippen molar-refractivity contribution < 1.29 is 9.90 Å². The smallest absolute Gasteiger partial charge is 0.323 e. The van der Waals surface area contributed by atoms with Gasteiger partial charge in [0.25, 0.3) is 0 Å². The van der Waals surface area contributed by atoms with Crippen LogP contribution in [0, 0.1) is 0 Å². The molecular formula is C13H16ClNO2S.